The molecule has 12 heteroatoms. The van der Waals surface area contributed by atoms with Gasteiger partial charge in [0.1, 0.15) is 4.90 Å². The molecule has 2 saturated heterocycles. The largest absolute Gasteiger partial charge is 0.334 e. The van der Waals surface area contributed by atoms with Crippen molar-refractivity contribution in [2.45, 2.75) is 23.8 Å². The van der Waals surface area contributed by atoms with E-state index < -0.39 is 19.9 Å². The fraction of sp³-hybridized carbons (Fsp3) is 0.562. The molecule has 0 unspecified atom stereocenters. The number of hydrogen-bond acceptors (Lipinski definition) is 5. The average Bonchev–Trinajstić information content (AvgIpc) is 2.61. The number of benzene rings is 1. The summed E-state index contributed by atoms with van der Waals surface area (Å²) < 4.78 is 50.3. The molecule has 0 saturated carbocycles. The smallest absolute Gasteiger partial charge is 0.317 e. The van der Waals surface area contributed by atoms with Gasteiger partial charge in [-0.2, -0.15) is 4.31 Å². The monoisotopic (exact) mass is 469 g/mol. The Morgan fingerprint density at radius 3 is 2.32 bits per heavy atom. The summed E-state index contributed by atoms with van der Waals surface area (Å²) in [6.45, 7) is 0.677. The Morgan fingerprint density at radius 2 is 1.71 bits per heavy atom. The molecule has 8 nitrogen and oxygen atoms in total. The molecule has 1 atom stereocenters. The molecular weight excluding hydrogens is 449 g/mol. The third kappa shape index (κ3) is 4.73. The summed E-state index contributed by atoms with van der Waals surface area (Å²) >= 11 is 12.1. The topological polar surface area (TPSA) is 104 Å². The van der Waals surface area contributed by atoms with Gasteiger partial charge < -0.3 is 10.2 Å². The molecule has 3 rings (SSSR count). The second kappa shape index (κ2) is 8.35. The lowest BCUT2D eigenvalue weighted by atomic mass is 10.1. The highest BCUT2D eigenvalue weighted by Crippen LogP contribution is 2.32. The van der Waals surface area contributed by atoms with E-state index in [0.717, 1.165) is 0 Å². The lowest BCUT2D eigenvalue weighted by Crippen LogP contribution is -2.55. The minimum absolute atomic E-state index is 0.0492. The molecule has 2 heterocycles. The van der Waals surface area contributed by atoms with Gasteiger partial charge in [-0.1, -0.05) is 29.3 Å². The molecule has 28 heavy (non-hydrogen) atoms. The van der Waals surface area contributed by atoms with Gasteiger partial charge in [-0.05, 0) is 25.0 Å². The van der Waals surface area contributed by atoms with E-state index in [9.17, 15) is 21.6 Å². The number of carbonyl (C=O) groups is 1. The zero-order valence-electron chi connectivity index (χ0n) is 15.0. The lowest BCUT2D eigenvalue weighted by molar-refractivity contribution is 0.190. The third-order valence-corrected chi connectivity index (χ3v) is 9.29. The maximum Gasteiger partial charge on any atom is 0.317 e. The van der Waals surface area contributed by atoms with Gasteiger partial charge in [0.15, 0.2) is 9.84 Å². The zero-order valence-corrected chi connectivity index (χ0v) is 18.1. The van der Waals surface area contributed by atoms with Gasteiger partial charge in [0.2, 0.25) is 10.0 Å². The van der Waals surface area contributed by atoms with Crippen molar-refractivity contribution in [3.8, 4) is 0 Å². The van der Waals surface area contributed by atoms with Gasteiger partial charge >= 0.3 is 6.03 Å². The second-order valence-corrected chi connectivity index (χ2v) is 11.8. The van der Waals surface area contributed by atoms with E-state index in [0.29, 0.717) is 19.4 Å². The van der Waals surface area contributed by atoms with Crippen LogP contribution >= 0.6 is 23.2 Å². The summed E-state index contributed by atoms with van der Waals surface area (Å²) in [7, 11) is -6.99. The number of halogens is 2. The van der Waals surface area contributed by atoms with Crippen molar-refractivity contribution in [2.24, 2.45) is 0 Å². The molecule has 1 aromatic rings. The average molecular weight is 470 g/mol. The number of amides is 2. The molecule has 0 radical (unpaired) electrons. The number of rotatable bonds is 3. The minimum Gasteiger partial charge on any atom is -0.334 e. The van der Waals surface area contributed by atoms with Gasteiger partial charge in [-0.3, -0.25) is 0 Å². The highest BCUT2D eigenvalue weighted by molar-refractivity contribution is 7.91. The maximum absolute atomic E-state index is 13.0. The summed E-state index contributed by atoms with van der Waals surface area (Å²) in [6.07, 6.45) is 1.20. The van der Waals surface area contributed by atoms with Crippen LogP contribution in [0.3, 0.4) is 0 Å². The Labute approximate surface area is 174 Å². The van der Waals surface area contributed by atoms with Crippen LogP contribution in [0.25, 0.3) is 0 Å². The second-order valence-electron chi connectivity index (χ2n) is 6.84. The number of sulfone groups is 1. The summed E-state index contributed by atoms with van der Waals surface area (Å²) in [5.41, 5.74) is 0. The van der Waals surface area contributed by atoms with Crippen molar-refractivity contribution in [1.82, 2.24) is 14.5 Å². The molecule has 1 N–H and O–H groups in total. The summed E-state index contributed by atoms with van der Waals surface area (Å²) in [5, 5.41) is 2.92. The Hall–Kier alpha value is -1.07. The van der Waals surface area contributed by atoms with E-state index in [2.05, 4.69) is 5.32 Å². The van der Waals surface area contributed by atoms with Crippen LogP contribution in [0.5, 0.6) is 0 Å². The normalized spacial score (nSPS) is 23.4. The van der Waals surface area contributed by atoms with Crippen LogP contribution in [0, 0.1) is 0 Å². The molecular formula is C16H21Cl2N3O5S2. The third-order valence-electron chi connectivity index (χ3n) is 4.86. The number of hydrogen-bond donors (Lipinski definition) is 1. The molecule has 0 aromatic heterocycles. The first kappa shape index (κ1) is 21.6. The van der Waals surface area contributed by atoms with Crippen molar-refractivity contribution < 1.29 is 21.6 Å². The molecule has 2 amide bonds. The molecule has 0 bridgehead atoms. The van der Waals surface area contributed by atoms with E-state index in [4.69, 9.17) is 23.2 Å². The fourth-order valence-electron chi connectivity index (χ4n) is 3.32. The van der Waals surface area contributed by atoms with Gasteiger partial charge in [0.05, 0.1) is 21.6 Å². The Bertz CT molecular complexity index is 934. The van der Waals surface area contributed by atoms with E-state index in [1.54, 1.807) is 6.07 Å². The molecule has 1 aromatic carbocycles. The number of sulfonamides is 1. The van der Waals surface area contributed by atoms with Gasteiger partial charge in [0, 0.05) is 32.2 Å². The standard InChI is InChI=1S/C16H21Cl2N3O5S2/c17-13-4-1-5-14(18)15(13)28(25,26)21-6-2-3-12(11-21)19-16(22)20-7-9-27(23,24)10-8-20/h1,4-5,12H,2-3,6-11H2,(H,19,22)/t12-/m0/s1. The lowest BCUT2D eigenvalue weighted by Gasteiger charge is -2.34. The quantitative estimate of drug-likeness (QED) is 0.723. The van der Waals surface area contributed by atoms with Gasteiger partial charge in [-0.25, -0.2) is 21.6 Å². The first-order chi connectivity index (χ1) is 13.1. The van der Waals surface area contributed by atoms with Crippen molar-refractivity contribution in [3.63, 3.8) is 0 Å². The van der Waals surface area contributed by atoms with Crippen LogP contribution in [0.1, 0.15) is 12.8 Å². The number of urea groups is 1. The summed E-state index contributed by atoms with van der Waals surface area (Å²) in [6, 6.07) is 3.75. The highest BCUT2D eigenvalue weighted by atomic mass is 35.5. The van der Waals surface area contributed by atoms with E-state index in [1.165, 1.54) is 21.3 Å². The predicted octanol–water partition coefficient (Wildman–Crippen LogP) is 1.59. The predicted molar refractivity (Wildman–Crippen MR) is 107 cm³/mol. The summed E-state index contributed by atoms with van der Waals surface area (Å²) in [5.74, 6) is -0.118. The van der Waals surface area contributed by atoms with Crippen LogP contribution in [0.4, 0.5) is 4.79 Å². The fourth-order valence-corrected chi connectivity index (χ4v) is 7.13. The van der Waals surface area contributed by atoms with Crippen LogP contribution in [-0.2, 0) is 19.9 Å². The SMILES string of the molecule is O=C(N[C@H]1CCCN(S(=O)(=O)c2c(Cl)cccc2Cl)C1)N1CCS(=O)(=O)CC1. The van der Waals surface area contributed by atoms with Crippen molar-refractivity contribution >= 4 is 49.1 Å². The van der Waals surface area contributed by atoms with Gasteiger partial charge in [0.25, 0.3) is 0 Å². The van der Waals surface area contributed by atoms with Crippen LogP contribution in [0.2, 0.25) is 10.0 Å². The molecule has 2 aliphatic heterocycles. The minimum atomic E-state index is -3.91. The van der Waals surface area contributed by atoms with Gasteiger partial charge in [-0.15, -0.1) is 0 Å². The van der Waals surface area contributed by atoms with Crippen LogP contribution in [0.15, 0.2) is 23.1 Å². The van der Waals surface area contributed by atoms with Crippen LogP contribution in [-0.4, -0.2) is 75.8 Å². The number of piperidine rings is 1. The van der Waals surface area contributed by atoms with Crippen molar-refractivity contribution in [3.05, 3.63) is 28.2 Å². The van der Waals surface area contributed by atoms with E-state index >= 15 is 0 Å². The highest BCUT2D eigenvalue weighted by Gasteiger charge is 2.34. The number of nitrogens with one attached hydrogen (secondary N) is 1. The molecule has 156 valence electrons. The summed E-state index contributed by atoms with van der Waals surface area (Å²) in [4.78, 5) is 13.7. The van der Waals surface area contributed by atoms with Crippen LogP contribution < -0.4 is 5.32 Å². The Kier molecular flexibility index (Phi) is 6.45. The van der Waals surface area contributed by atoms with Crippen molar-refractivity contribution in [2.75, 3.05) is 37.7 Å². The van der Waals surface area contributed by atoms with E-state index in [-0.39, 0.29) is 58.2 Å². The number of carbonyl (C=O) groups excluding carboxylic acids is 1. The first-order valence-electron chi connectivity index (χ1n) is 8.80. The molecule has 2 aliphatic rings. The zero-order chi connectivity index (χ0) is 20.5. The number of nitrogens with zero attached hydrogens (tertiary/aromatic N) is 2. The molecule has 2 fully saturated rings. The maximum atomic E-state index is 13.0. The molecule has 0 spiro atoms. The molecule has 0 aliphatic carbocycles. The Balaban J connectivity index is 1.68. The Morgan fingerprint density at radius 1 is 1.11 bits per heavy atom. The first-order valence-corrected chi connectivity index (χ1v) is 12.8. The van der Waals surface area contributed by atoms with Crippen molar-refractivity contribution in [1.29, 1.82) is 0 Å². The van der Waals surface area contributed by atoms with E-state index in [1.807, 2.05) is 0 Å².